The molecule has 51 heavy (non-hydrogen) atoms. The number of thiophene rings is 1. The van der Waals surface area contributed by atoms with Crippen molar-refractivity contribution in [3.63, 3.8) is 0 Å². The number of benzene rings is 8. The largest absolute Gasteiger partial charge is 0.456 e. The molecule has 0 unspecified atom stereocenters. The lowest BCUT2D eigenvalue weighted by molar-refractivity contribution is 0.669. The van der Waals surface area contributed by atoms with Crippen LogP contribution >= 0.6 is 11.3 Å². The van der Waals surface area contributed by atoms with Crippen LogP contribution in [-0.2, 0) is 0 Å². The van der Waals surface area contributed by atoms with Crippen LogP contribution in [0.15, 0.2) is 180 Å². The number of nitrogens with zero attached hydrogens (tertiary/aromatic N) is 1. The SMILES string of the molecule is c1ccc(-c2cc(-c3ccc4oc5ccc(-c6ccc7c(c6)c6ccccc6n7-c6ccccc6)cc5c4c3)cc3c2sc2ccccc23)cc1. The number of aromatic nitrogens is 1. The molecule has 0 aliphatic heterocycles. The van der Waals surface area contributed by atoms with Crippen molar-refractivity contribution in [3.05, 3.63) is 176 Å². The Morgan fingerprint density at radius 2 is 0.941 bits per heavy atom. The smallest absolute Gasteiger partial charge is 0.135 e. The molecule has 0 fully saturated rings. The van der Waals surface area contributed by atoms with Crippen LogP contribution in [0.2, 0.25) is 0 Å². The van der Waals surface area contributed by atoms with Crippen molar-refractivity contribution in [2.45, 2.75) is 0 Å². The summed E-state index contributed by atoms with van der Waals surface area (Å²) in [6, 6.07) is 63.7. The van der Waals surface area contributed by atoms with E-state index in [1.54, 1.807) is 0 Å². The fourth-order valence-corrected chi connectivity index (χ4v) is 9.19. The van der Waals surface area contributed by atoms with Crippen LogP contribution in [0.4, 0.5) is 0 Å². The van der Waals surface area contributed by atoms with Crippen molar-refractivity contribution in [2.24, 2.45) is 0 Å². The number of furan rings is 1. The van der Waals surface area contributed by atoms with Crippen molar-refractivity contribution in [1.82, 2.24) is 4.57 Å². The third-order valence-corrected chi connectivity index (χ3v) is 11.6. The van der Waals surface area contributed by atoms with Crippen LogP contribution in [0.1, 0.15) is 0 Å². The zero-order valence-electron chi connectivity index (χ0n) is 27.5. The molecule has 0 spiro atoms. The van der Waals surface area contributed by atoms with Gasteiger partial charge in [0.15, 0.2) is 0 Å². The number of fused-ring (bicyclic) bond motifs is 9. The van der Waals surface area contributed by atoms with E-state index in [-0.39, 0.29) is 0 Å². The summed E-state index contributed by atoms with van der Waals surface area (Å²) in [4.78, 5) is 0. The van der Waals surface area contributed by atoms with Crippen LogP contribution in [0.5, 0.6) is 0 Å². The predicted molar refractivity (Wildman–Crippen MR) is 217 cm³/mol. The molecule has 0 bridgehead atoms. The van der Waals surface area contributed by atoms with Crippen molar-refractivity contribution in [3.8, 4) is 39.1 Å². The van der Waals surface area contributed by atoms with Gasteiger partial charge in [0, 0.05) is 53.0 Å². The number of hydrogen-bond acceptors (Lipinski definition) is 2. The van der Waals surface area contributed by atoms with Gasteiger partial charge in [-0.05, 0) is 101 Å². The maximum Gasteiger partial charge on any atom is 0.135 e. The third kappa shape index (κ3) is 4.42. The number of para-hydroxylation sites is 2. The Labute approximate surface area is 298 Å². The highest BCUT2D eigenvalue weighted by atomic mass is 32.1. The fourth-order valence-electron chi connectivity index (χ4n) is 7.97. The summed E-state index contributed by atoms with van der Waals surface area (Å²) >= 11 is 1.88. The maximum atomic E-state index is 6.42. The van der Waals surface area contributed by atoms with Crippen LogP contribution in [0.3, 0.4) is 0 Å². The molecule has 0 amide bonds. The van der Waals surface area contributed by atoms with Gasteiger partial charge in [-0.25, -0.2) is 0 Å². The van der Waals surface area contributed by atoms with E-state index in [0.717, 1.165) is 21.9 Å². The van der Waals surface area contributed by atoms with Gasteiger partial charge < -0.3 is 8.98 Å². The molecule has 11 rings (SSSR count). The molecular formula is C48H29NOS. The van der Waals surface area contributed by atoms with Gasteiger partial charge in [0.1, 0.15) is 11.2 Å². The molecule has 0 N–H and O–H groups in total. The molecule has 0 saturated carbocycles. The van der Waals surface area contributed by atoms with Crippen LogP contribution < -0.4 is 0 Å². The molecule has 0 atom stereocenters. The van der Waals surface area contributed by atoms with Gasteiger partial charge in [-0.2, -0.15) is 0 Å². The monoisotopic (exact) mass is 667 g/mol. The van der Waals surface area contributed by atoms with Gasteiger partial charge >= 0.3 is 0 Å². The van der Waals surface area contributed by atoms with Crippen LogP contribution in [0.25, 0.3) is 103 Å². The molecule has 3 heterocycles. The second-order valence-corrected chi connectivity index (χ2v) is 14.4. The van der Waals surface area contributed by atoms with E-state index in [1.807, 2.05) is 11.3 Å². The lowest BCUT2D eigenvalue weighted by Crippen LogP contribution is -1.92. The van der Waals surface area contributed by atoms with Crippen molar-refractivity contribution < 1.29 is 4.42 Å². The van der Waals surface area contributed by atoms with E-state index in [0.29, 0.717) is 0 Å². The number of hydrogen-bond donors (Lipinski definition) is 0. The summed E-state index contributed by atoms with van der Waals surface area (Å²) in [6.07, 6.45) is 0. The Kier molecular flexibility index (Phi) is 6.16. The highest BCUT2D eigenvalue weighted by molar-refractivity contribution is 7.26. The maximum absolute atomic E-state index is 6.42. The summed E-state index contributed by atoms with van der Waals surface area (Å²) in [7, 11) is 0. The van der Waals surface area contributed by atoms with Crippen molar-refractivity contribution in [2.75, 3.05) is 0 Å². The molecule has 8 aromatic carbocycles. The molecule has 3 aromatic heterocycles. The lowest BCUT2D eigenvalue weighted by atomic mass is 9.95. The Morgan fingerprint density at radius 3 is 1.71 bits per heavy atom. The van der Waals surface area contributed by atoms with E-state index < -0.39 is 0 Å². The molecule has 2 nitrogen and oxygen atoms in total. The van der Waals surface area contributed by atoms with Gasteiger partial charge in [-0.15, -0.1) is 11.3 Å². The average Bonchev–Trinajstić information content (AvgIpc) is 3.87. The lowest BCUT2D eigenvalue weighted by Gasteiger charge is -2.09. The Morgan fingerprint density at radius 1 is 0.373 bits per heavy atom. The first-order valence-corrected chi connectivity index (χ1v) is 18.1. The summed E-state index contributed by atoms with van der Waals surface area (Å²) in [5.74, 6) is 0. The van der Waals surface area contributed by atoms with Gasteiger partial charge in [0.05, 0.1) is 11.0 Å². The quantitative estimate of drug-likeness (QED) is 0.183. The third-order valence-electron chi connectivity index (χ3n) is 10.4. The van der Waals surface area contributed by atoms with Gasteiger partial charge in [0.2, 0.25) is 0 Å². The van der Waals surface area contributed by atoms with Gasteiger partial charge in [-0.3, -0.25) is 0 Å². The van der Waals surface area contributed by atoms with Crippen LogP contribution in [0, 0.1) is 0 Å². The van der Waals surface area contributed by atoms with Crippen molar-refractivity contribution in [1.29, 1.82) is 0 Å². The molecule has 11 aromatic rings. The summed E-state index contributed by atoms with van der Waals surface area (Å²) < 4.78 is 11.4. The van der Waals surface area contributed by atoms with E-state index >= 15 is 0 Å². The topological polar surface area (TPSA) is 18.1 Å². The standard InChI is InChI=1S/C48H29NOS/c1-3-11-30(12-4-1)38-28-34(29-42-37-16-8-10-18-47(37)51-48(38)42)33-21-24-46-41(27-33)40-26-32(20-23-45(40)50-46)31-19-22-44-39(25-31)36-15-7-9-17-43(36)49(44)35-13-5-2-6-14-35/h1-29H. The van der Waals surface area contributed by atoms with Crippen LogP contribution in [-0.4, -0.2) is 4.57 Å². The Hall–Kier alpha value is -6.42. The van der Waals surface area contributed by atoms with E-state index in [2.05, 4.69) is 180 Å². The highest BCUT2D eigenvalue weighted by Gasteiger charge is 2.17. The minimum absolute atomic E-state index is 0.900. The molecule has 0 radical (unpaired) electrons. The summed E-state index contributed by atoms with van der Waals surface area (Å²) in [5.41, 5.74) is 12.6. The molecular weight excluding hydrogens is 639 g/mol. The van der Waals surface area contributed by atoms with Crippen molar-refractivity contribution >= 4 is 75.3 Å². The Bertz CT molecular complexity index is 3130. The fraction of sp³-hybridized carbons (Fsp3) is 0. The molecule has 238 valence electrons. The first-order valence-electron chi connectivity index (χ1n) is 17.3. The molecule has 0 aliphatic carbocycles. The highest BCUT2D eigenvalue weighted by Crippen LogP contribution is 2.44. The zero-order valence-corrected chi connectivity index (χ0v) is 28.3. The Balaban J connectivity index is 1.08. The molecule has 0 saturated heterocycles. The summed E-state index contributed by atoms with van der Waals surface area (Å²) in [6.45, 7) is 0. The first-order chi connectivity index (χ1) is 25.3. The zero-order chi connectivity index (χ0) is 33.5. The van der Waals surface area contributed by atoms with E-state index in [4.69, 9.17) is 4.42 Å². The molecule has 0 aliphatic rings. The number of rotatable bonds is 4. The minimum Gasteiger partial charge on any atom is -0.456 e. The van der Waals surface area contributed by atoms with E-state index in [9.17, 15) is 0 Å². The average molecular weight is 668 g/mol. The first kappa shape index (κ1) is 28.4. The van der Waals surface area contributed by atoms with E-state index in [1.165, 1.54) is 81.0 Å². The second-order valence-electron chi connectivity index (χ2n) is 13.3. The summed E-state index contributed by atoms with van der Waals surface area (Å²) in [5, 5.41) is 7.36. The second kappa shape index (κ2) is 11.0. The van der Waals surface area contributed by atoms with Gasteiger partial charge in [-0.1, -0.05) is 103 Å². The molecule has 3 heteroatoms. The van der Waals surface area contributed by atoms with Gasteiger partial charge in [0.25, 0.3) is 0 Å². The minimum atomic E-state index is 0.900. The normalized spacial score (nSPS) is 11.9. The predicted octanol–water partition coefficient (Wildman–Crippen LogP) is 14.1.